The maximum atomic E-state index is 12.8. The zero-order valence-corrected chi connectivity index (χ0v) is 21.5. The van der Waals surface area contributed by atoms with Crippen molar-refractivity contribution in [3.63, 3.8) is 0 Å². The second-order valence-corrected chi connectivity index (χ2v) is 8.68. The first kappa shape index (κ1) is 25.7. The molecule has 1 heterocycles. The van der Waals surface area contributed by atoms with E-state index in [9.17, 15) is 4.79 Å². The van der Waals surface area contributed by atoms with Gasteiger partial charge in [0.1, 0.15) is 11.9 Å². The van der Waals surface area contributed by atoms with Gasteiger partial charge in [-0.25, -0.2) is 0 Å². The maximum absolute atomic E-state index is 12.8. The van der Waals surface area contributed by atoms with Crippen LogP contribution in [-0.2, 0) is 16.1 Å². The van der Waals surface area contributed by atoms with Gasteiger partial charge in [-0.15, -0.1) is 24.0 Å². The molecule has 7 nitrogen and oxygen atoms in total. The van der Waals surface area contributed by atoms with Crippen molar-refractivity contribution in [2.45, 2.75) is 51.7 Å². The van der Waals surface area contributed by atoms with Crippen LogP contribution in [0.1, 0.15) is 43.2 Å². The van der Waals surface area contributed by atoms with Crippen molar-refractivity contribution < 1.29 is 14.3 Å². The number of amides is 1. The first-order valence-electron chi connectivity index (χ1n) is 10.9. The monoisotopic (exact) mass is 544 g/mol. The summed E-state index contributed by atoms with van der Waals surface area (Å²) in [6, 6.07) is 6.26. The van der Waals surface area contributed by atoms with Crippen LogP contribution in [0, 0.1) is 12.3 Å². The quantitative estimate of drug-likeness (QED) is 0.314. The Morgan fingerprint density at radius 1 is 1.29 bits per heavy atom. The minimum absolute atomic E-state index is 0. The van der Waals surface area contributed by atoms with Crippen molar-refractivity contribution in [1.82, 2.24) is 15.5 Å². The third kappa shape index (κ3) is 6.71. The number of nitrogens with zero attached hydrogens (tertiary/aromatic N) is 2. The van der Waals surface area contributed by atoms with Crippen molar-refractivity contribution in [3.05, 3.63) is 29.3 Å². The highest BCUT2D eigenvalue weighted by atomic mass is 127. The van der Waals surface area contributed by atoms with Crippen LogP contribution in [0.15, 0.2) is 23.2 Å². The minimum Gasteiger partial charge on any atom is -0.488 e. The zero-order chi connectivity index (χ0) is 21.6. The van der Waals surface area contributed by atoms with Gasteiger partial charge in [-0.1, -0.05) is 25.0 Å². The number of benzene rings is 1. The van der Waals surface area contributed by atoms with E-state index in [1.807, 2.05) is 14.1 Å². The van der Waals surface area contributed by atoms with Crippen LogP contribution in [0.4, 0.5) is 0 Å². The summed E-state index contributed by atoms with van der Waals surface area (Å²) in [4.78, 5) is 18.9. The number of carbonyl (C=O) groups excluding carboxylic acids is 1. The second-order valence-electron chi connectivity index (χ2n) is 8.68. The minimum atomic E-state index is -0.332. The van der Waals surface area contributed by atoms with Crippen LogP contribution in [0.2, 0.25) is 0 Å². The lowest BCUT2D eigenvalue weighted by Gasteiger charge is -2.31. The lowest BCUT2D eigenvalue weighted by atomic mass is 9.84. The number of guanidine groups is 1. The van der Waals surface area contributed by atoms with Crippen molar-refractivity contribution >= 4 is 35.8 Å². The molecule has 1 saturated heterocycles. The number of ether oxygens (including phenoxy) is 2. The van der Waals surface area contributed by atoms with E-state index in [1.165, 1.54) is 5.56 Å². The molecule has 1 saturated carbocycles. The Labute approximate surface area is 203 Å². The number of aryl methyl sites for hydroxylation is 1. The van der Waals surface area contributed by atoms with Crippen LogP contribution >= 0.6 is 24.0 Å². The Morgan fingerprint density at radius 3 is 2.65 bits per heavy atom. The third-order valence-electron chi connectivity index (χ3n) is 6.09. The van der Waals surface area contributed by atoms with Gasteiger partial charge in [0.05, 0.1) is 18.6 Å². The highest BCUT2D eigenvalue weighted by Gasteiger charge is 2.42. The van der Waals surface area contributed by atoms with Gasteiger partial charge in [0, 0.05) is 46.2 Å². The standard InChI is InChI=1S/C23H36N4O3.HI/c1-17-7-8-18(20(13-17)30-19-9-12-29-15-19)14-25-22(24-2)26-16-23(10-5-6-11-23)21(28)27(3)4;/h7-8,13,19H,5-6,9-12,14-16H2,1-4H3,(H2,24,25,26);1H. The average Bonchev–Trinajstić information content (AvgIpc) is 3.41. The van der Waals surface area contributed by atoms with Crippen molar-refractivity contribution in [2.24, 2.45) is 10.4 Å². The van der Waals surface area contributed by atoms with Gasteiger partial charge in [0.25, 0.3) is 0 Å². The molecule has 1 unspecified atom stereocenters. The van der Waals surface area contributed by atoms with E-state index in [2.05, 4.69) is 40.7 Å². The molecular formula is C23H37IN4O3. The lowest BCUT2D eigenvalue weighted by molar-refractivity contribution is -0.138. The highest BCUT2D eigenvalue weighted by molar-refractivity contribution is 14.0. The SMILES string of the molecule is CN=C(NCc1ccc(C)cc1OC1CCOC1)NCC1(C(=O)N(C)C)CCCC1.I. The molecule has 3 rings (SSSR count). The Bertz CT molecular complexity index is 757. The molecule has 0 aromatic heterocycles. The summed E-state index contributed by atoms with van der Waals surface area (Å²) in [6.07, 6.45) is 5.08. The van der Waals surface area contributed by atoms with Crippen LogP contribution in [0.3, 0.4) is 0 Å². The molecule has 1 atom stereocenters. The van der Waals surface area contributed by atoms with E-state index >= 15 is 0 Å². The van der Waals surface area contributed by atoms with Crippen LogP contribution < -0.4 is 15.4 Å². The zero-order valence-electron chi connectivity index (χ0n) is 19.2. The molecule has 2 fully saturated rings. The van der Waals surface area contributed by atoms with E-state index in [4.69, 9.17) is 9.47 Å². The molecule has 1 aliphatic carbocycles. The molecule has 8 heteroatoms. The Kier molecular flexibility index (Phi) is 9.87. The molecule has 1 aromatic rings. The summed E-state index contributed by atoms with van der Waals surface area (Å²) in [5.41, 5.74) is 1.91. The van der Waals surface area contributed by atoms with Crippen molar-refractivity contribution in [2.75, 3.05) is 40.9 Å². The topological polar surface area (TPSA) is 75.2 Å². The summed E-state index contributed by atoms with van der Waals surface area (Å²) < 4.78 is 11.6. The first-order chi connectivity index (χ1) is 14.4. The number of carbonyl (C=O) groups is 1. The van der Waals surface area contributed by atoms with Gasteiger partial charge in [-0.05, 0) is 31.4 Å². The number of nitrogens with one attached hydrogen (secondary N) is 2. The van der Waals surface area contributed by atoms with Gasteiger partial charge >= 0.3 is 0 Å². The number of aliphatic imine (C=N–C) groups is 1. The fourth-order valence-corrected chi connectivity index (χ4v) is 4.35. The van der Waals surface area contributed by atoms with Gasteiger partial charge in [0.2, 0.25) is 5.91 Å². The molecular weight excluding hydrogens is 507 g/mol. The summed E-state index contributed by atoms with van der Waals surface area (Å²) in [7, 11) is 5.43. The highest BCUT2D eigenvalue weighted by Crippen LogP contribution is 2.38. The predicted molar refractivity (Wildman–Crippen MR) is 134 cm³/mol. The van der Waals surface area contributed by atoms with Crippen LogP contribution in [0.5, 0.6) is 5.75 Å². The number of hydrogen-bond donors (Lipinski definition) is 2. The van der Waals surface area contributed by atoms with E-state index in [0.29, 0.717) is 25.7 Å². The normalized spacial score (nSPS) is 20.1. The molecule has 1 aliphatic heterocycles. The Balaban J connectivity index is 0.00000341. The first-order valence-corrected chi connectivity index (χ1v) is 10.9. The average molecular weight is 544 g/mol. The Hall–Kier alpha value is -1.55. The molecule has 0 bridgehead atoms. The predicted octanol–water partition coefficient (Wildman–Crippen LogP) is 3.09. The molecule has 0 radical (unpaired) electrons. The molecule has 1 aromatic carbocycles. The number of halogens is 1. The van der Waals surface area contributed by atoms with Crippen molar-refractivity contribution in [1.29, 1.82) is 0 Å². The smallest absolute Gasteiger partial charge is 0.230 e. The summed E-state index contributed by atoms with van der Waals surface area (Å²) in [5.74, 6) is 1.79. The fourth-order valence-electron chi connectivity index (χ4n) is 4.35. The van der Waals surface area contributed by atoms with Gasteiger partial charge in [-0.3, -0.25) is 9.79 Å². The maximum Gasteiger partial charge on any atom is 0.230 e. The summed E-state index contributed by atoms with van der Waals surface area (Å²) in [5, 5.41) is 6.78. The third-order valence-corrected chi connectivity index (χ3v) is 6.09. The van der Waals surface area contributed by atoms with Crippen LogP contribution in [-0.4, -0.2) is 63.8 Å². The molecule has 0 spiro atoms. The van der Waals surface area contributed by atoms with E-state index in [-0.39, 0.29) is 41.4 Å². The molecule has 2 aliphatic rings. The van der Waals surface area contributed by atoms with E-state index < -0.39 is 0 Å². The largest absolute Gasteiger partial charge is 0.488 e. The van der Waals surface area contributed by atoms with Crippen LogP contribution in [0.25, 0.3) is 0 Å². The number of hydrogen-bond acceptors (Lipinski definition) is 4. The molecule has 174 valence electrons. The summed E-state index contributed by atoms with van der Waals surface area (Å²) >= 11 is 0. The molecule has 1 amide bonds. The lowest BCUT2D eigenvalue weighted by Crippen LogP contribution is -2.49. The van der Waals surface area contributed by atoms with E-state index in [1.54, 1.807) is 11.9 Å². The van der Waals surface area contributed by atoms with E-state index in [0.717, 1.165) is 50.0 Å². The second kappa shape index (κ2) is 11.9. The fraction of sp³-hybridized carbons (Fsp3) is 0.652. The number of rotatable bonds is 7. The molecule has 2 N–H and O–H groups in total. The van der Waals surface area contributed by atoms with Gasteiger partial charge in [0.15, 0.2) is 5.96 Å². The van der Waals surface area contributed by atoms with Crippen molar-refractivity contribution in [3.8, 4) is 5.75 Å². The molecule has 31 heavy (non-hydrogen) atoms. The summed E-state index contributed by atoms with van der Waals surface area (Å²) in [6.45, 7) is 4.66. The van der Waals surface area contributed by atoms with Gasteiger partial charge in [-0.2, -0.15) is 0 Å². The Morgan fingerprint density at radius 2 is 2.03 bits per heavy atom. The van der Waals surface area contributed by atoms with Gasteiger partial charge < -0.3 is 25.0 Å².